The third-order valence-corrected chi connectivity index (χ3v) is 7.01. The molecule has 6 atom stereocenters. The number of phosphoric ester groups is 1. The highest BCUT2D eigenvalue weighted by molar-refractivity contribution is 7.99. The van der Waals surface area contributed by atoms with E-state index in [2.05, 4.69) is 5.32 Å². The predicted octanol–water partition coefficient (Wildman–Crippen LogP) is 2.24. The molecule has 0 aromatic heterocycles. The molecule has 0 saturated carbocycles. The Balaban J connectivity index is 1.80. The molecule has 2 aromatic rings. The first-order valence-electron chi connectivity index (χ1n) is 10.3. The Labute approximate surface area is 196 Å². The Hall–Kier alpha value is -1.75. The Morgan fingerprint density at radius 1 is 1.18 bits per heavy atom. The summed E-state index contributed by atoms with van der Waals surface area (Å²) in [5.74, 6) is -0.510. The first kappa shape index (κ1) is 25.9. The second-order valence-electron chi connectivity index (χ2n) is 7.61. The fourth-order valence-corrected chi connectivity index (χ4v) is 5.15. The van der Waals surface area contributed by atoms with E-state index in [9.17, 15) is 24.5 Å². The maximum Gasteiger partial charge on any atom is 0.472 e. The number of carbonyl (C=O) groups is 1. The van der Waals surface area contributed by atoms with E-state index in [1.807, 2.05) is 6.92 Å². The van der Waals surface area contributed by atoms with Gasteiger partial charge in [0.15, 0.2) is 0 Å². The summed E-state index contributed by atoms with van der Waals surface area (Å²) in [5.41, 5.74) is 1.11. The van der Waals surface area contributed by atoms with Crippen LogP contribution in [0.2, 0.25) is 0 Å². The van der Waals surface area contributed by atoms with Gasteiger partial charge in [0, 0.05) is 5.56 Å². The second kappa shape index (κ2) is 11.6. The van der Waals surface area contributed by atoms with E-state index >= 15 is 0 Å². The number of hydrogen-bond acceptors (Lipinski definition) is 8. The van der Waals surface area contributed by atoms with Gasteiger partial charge in [0.2, 0.25) is 0 Å². The zero-order valence-electron chi connectivity index (χ0n) is 18.2. The van der Waals surface area contributed by atoms with Gasteiger partial charge in [-0.25, -0.2) is 4.57 Å². The predicted molar refractivity (Wildman–Crippen MR) is 124 cm³/mol. The molecule has 0 aliphatic carbocycles. The Bertz CT molecular complexity index is 961. The first-order chi connectivity index (χ1) is 15.7. The average molecular weight is 498 g/mol. The molecule has 1 aliphatic heterocycles. The fourth-order valence-electron chi connectivity index (χ4n) is 3.40. The molecule has 2 aromatic carbocycles. The maximum atomic E-state index is 12.8. The van der Waals surface area contributed by atoms with Gasteiger partial charge in [0.25, 0.3) is 5.91 Å². The largest absolute Gasteiger partial charge is 0.472 e. The van der Waals surface area contributed by atoms with Crippen molar-refractivity contribution >= 4 is 25.5 Å². The molecule has 11 heteroatoms. The van der Waals surface area contributed by atoms with E-state index in [1.165, 1.54) is 0 Å². The molecule has 33 heavy (non-hydrogen) atoms. The average Bonchev–Trinajstić information content (AvgIpc) is 2.81. The molecule has 1 unspecified atom stereocenters. The van der Waals surface area contributed by atoms with Crippen LogP contribution in [0.25, 0.3) is 0 Å². The van der Waals surface area contributed by atoms with Crippen molar-refractivity contribution in [3.05, 3.63) is 71.3 Å². The lowest BCUT2D eigenvalue weighted by molar-refractivity contribution is -0.162. The quantitative estimate of drug-likeness (QED) is 0.385. The van der Waals surface area contributed by atoms with Crippen LogP contribution >= 0.6 is 19.6 Å². The van der Waals surface area contributed by atoms with Crippen molar-refractivity contribution < 1.29 is 38.3 Å². The Morgan fingerprint density at radius 3 is 2.45 bits per heavy atom. The topological polar surface area (TPSA) is 135 Å². The number of aliphatic hydroxyl groups excluding tert-OH is 2. The summed E-state index contributed by atoms with van der Waals surface area (Å²) >= 11 is 1.15. The lowest BCUT2D eigenvalue weighted by atomic mass is 9.96. The molecule has 4 N–H and O–H groups in total. The van der Waals surface area contributed by atoms with Gasteiger partial charge in [-0.15, -0.1) is 11.8 Å². The lowest BCUT2D eigenvalue weighted by Crippen LogP contribution is -2.64. The molecule has 1 fully saturated rings. The SMILES string of the molecule is CS[C@@H]1O[C@H](CO)[C@H](O)[C@H](NC(=O)c2ccc(C)cc2)[C@H]1OP(=O)(O)OCc1ccccc1. The Morgan fingerprint density at radius 2 is 1.85 bits per heavy atom. The van der Waals surface area contributed by atoms with Crippen LogP contribution in [0.15, 0.2) is 54.6 Å². The molecule has 3 rings (SSSR count). The number of carbonyl (C=O) groups excluding carboxylic acids is 1. The van der Waals surface area contributed by atoms with Crippen LogP contribution in [-0.2, 0) is 25.0 Å². The van der Waals surface area contributed by atoms with Gasteiger partial charge in [0.05, 0.1) is 19.3 Å². The fraction of sp³-hybridized carbons (Fsp3) is 0.409. The van der Waals surface area contributed by atoms with E-state index in [1.54, 1.807) is 60.9 Å². The van der Waals surface area contributed by atoms with Crippen LogP contribution < -0.4 is 5.32 Å². The van der Waals surface area contributed by atoms with Gasteiger partial charge in [-0.3, -0.25) is 13.8 Å². The number of phosphoric acid groups is 1. The van der Waals surface area contributed by atoms with Gasteiger partial charge in [-0.2, -0.15) is 0 Å². The van der Waals surface area contributed by atoms with E-state index in [-0.39, 0.29) is 6.61 Å². The molecular formula is C22H28NO8PS. The van der Waals surface area contributed by atoms with Crippen LogP contribution in [-0.4, -0.2) is 63.7 Å². The molecule has 9 nitrogen and oxygen atoms in total. The number of thioether (sulfide) groups is 1. The third kappa shape index (κ3) is 6.88. The van der Waals surface area contributed by atoms with E-state index in [4.69, 9.17) is 13.8 Å². The van der Waals surface area contributed by atoms with Crippen molar-refractivity contribution in [2.24, 2.45) is 0 Å². The van der Waals surface area contributed by atoms with Gasteiger partial charge in [0.1, 0.15) is 23.7 Å². The molecule has 0 spiro atoms. The second-order valence-corrected chi connectivity index (χ2v) is 9.96. The standard InChI is InChI=1S/C22H28NO8PS/c1-14-8-10-16(11-9-14)21(26)23-18-19(25)17(12-24)30-22(33-2)20(18)31-32(27,28)29-13-15-6-4-3-5-7-15/h3-11,17-20,22,24-25H,12-13H2,1-2H3,(H,23,26)(H,27,28)/t17-,18+,19+,20-,22+/m1/s1. The van der Waals surface area contributed by atoms with Crippen molar-refractivity contribution in [1.82, 2.24) is 5.32 Å². The van der Waals surface area contributed by atoms with Gasteiger partial charge < -0.3 is 25.2 Å². The Kier molecular flexibility index (Phi) is 9.09. The zero-order valence-corrected chi connectivity index (χ0v) is 19.9. The molecule has 1 heterocycles. The monoisotopic (exact) mass is 497 g/mol. The lowest BCUT2D eigenvalue weighted by Gasteiger charge is -2.44. The summed E-state index contributed by atoms with van der Waals surface area (Å²) in [4.78, 5) is 23.2. The maximum absolute atomic E-state index is 12.8. The highest BCUT2D eigenvalue weighted by Crippen LogP contribution is 2.48. The number of aliphatic hydroxyl groups is 2. The number of rotatable bonds is 9. The minimum atomic E-state index is -4.61. The minimum absolute atomic E-state index is 0.172. The number of aryl methyl sites for hydroxylation is 1. The van der Waals surface area contributed by atoms with Crippen LogP contribution in [0.3, 0.4) is 0 Å². The molecule has 1 amide bonds. The van der Waals surface area contributed by atoms with E-state index < -0.39 is 50.1 Å². The van der Waals surface area contributed by atoms with Gasteiger partial charge in [-0.1, -0.05) is 48.0 Å². The molecule has 1 saturated heterocycles. The smallest absolute Gasteiger partial charge is 0.394 e. The van der Waals surface area contributed by atoms with Crippen molar-refractivity contribution in [1.29, 1.82) is 0 Å². The summed E-state index contributed by atoms with van der Waals surface area (Å²) in [6.07, 6.45) is -1.97. The van der Waals surface area contributed by atoms with E-state index in [0.717, 1.165) is 17.3 Å². The van der Waals surface area contributed by atoms with Crippen LogP contribution in [0.1, 0.15) is 21.5 Å². The third-order valence-electron chi connectivity index (χ3n) is 5.20. The summed E-state index contributed by atoms with van der Waals surface area (Å²) in [7, 11) is -4.61. The number of benzene rings is 2. The van der Waals surface area contributed by atoms with Gasteiger partial charge in [-0.05, 0) is 30.9 Å². The number of amides is 1. The molecule has 0 bridgehead atoms. The number of nitrogens with one attached hydrogen (secondary N) is 1. The minimum Gasteiger partial charge on any atom is -0.394 e. The van der Waals surface area contributed by atoms with Crippen molar-refractivity contribution in [3.8, 4) is 0 Å². The molecule has 180 valence electrons. The highest BCUT2D eigenvalue weighted by atomic mass is 32.2. The molecule has 1 aliphatic rings. The first-order valence-corrected chi connectivity index (χ1v) is 13.1. The normalized spacial score (nSPS) is 27.0. The van der Waals surface area contributed by atoms with Gasteiger partial charge >= 0.3 is 7.82 Å². The zero-order chi connectivity index (χ0) is 24.0. The van der Waals surface area contributed by atoms with Crippen LogP contribution in [0.4, 0.5) is 0 Å². The van der Waals surface area contributed by atoms with E-state index in [0.29, 0.717) is 11.1 Å². The summed E-state index contributed by atoms with van der Waals surface area (Å²) in [6.45, 7) is 1.20. The van der Waals surface area contributed by atoms with Crippen molar-refractivity contribution in [2.75, 3.05) is 12.9 Å². The summed E-state index contributed by atoms with van der Waals surface area (Å²) in [5, 5.41) is 23.1. The number of hydrogen-bond donors (Lipinski definition) is 4. The van der Waals surface area contributed by atoms with Crippen molar-refractivity contribution in [3.63, 3.8) is 0 Å². The molecule has 0 radical (unpaired) electrons. The number of ether oxygens (including phenoxy) is 1. The van der Waals surface area contributed by atoms with Crippen molar-refractivity contribution in [2.45, 2.75) is 43.3 Å². The highest BCUT2D eigenvalue weighted by Gasteiger charge is 2.49. The molecular weight excluding hydrogens is 469 g/mol. The summed E-state index contributed by atoms with van der Waals surface area (Å²) in [6, 6.07) is 14.4. The summed E-state index contributed by atoms with van der Waals surface area (Å²) < 4.78 is 28.9. The van der Waals surface area contributed by atoms with Crippen LogP contribution in [0, 0.1) is 6.92 Å². The van der Waals surface area contributed by atoms with Crippen LogP contribution in [0.5, 0.6) is 0 Å².